The molecule has 1 aromatic heterocycles. The molecule has 2 aromatic carbocycles. The molecule has 0 unspecified atom stereocenters. The highest BCUT2D eigenvalue weighted by molar-refractivity contribution is 6.50. The lowest BCUT2D eigenvalue weighted by molar-refractivity contribution is 0.368. The average Bonchev–Trinajstić information content (AvgIpc) is 2.51. The smallest absolute Gasteiger partial charge is 0.418 e. The van der Waals surface area contributed by atoms with Gasteiger partial charge in [0.15, 0.2) is 0 Å². The van der Waals surface area contributed by atoms with E-state index >= 15 is 0 Å². The minimum Gasteiger partial charge on any atom is -0.418 e. The third kappa shape index (κ3) is 3.70. The average molecular weight is 320 g/mol. The maximum Gasteiger partial charge on any atom is 0.673 e. The highest BCUT2D eigenvalue weighted by Gasteiger charge is 2.27. The summed E-state index contributed by atoms with van der Waals surface area (Å²) in [6.45, 7) is 0. The maximum atomic E-state index is 9.75. The van der Waals surface area contributed by atoms with Gasteiger partial charge in [-0.1, -0.05) is 30.3 Å². The van der Waals surface area contributed by atoms with E-state index in [-0.39, 0.29) is 0 Å². The molecule has 0 amide bonds. The third-order valence-electron chi connectivity index (χ3n) is 3.68. The van der Waals surface area contributed by atoms with Crippen LogP contribution in [0.15, 0.2) is 59.0 Å². The molecule has 0 bridgehead atoms. The number of benzene rings is 2. The predicted molar refractivity (Wildman–Crippen MR) is 83.7 cm³/mol. The molecule has 0 spiro atoms. The second-order valence-corrected chi connectivity index (χ2v) is 5.29. The lowest BCUT2D eigenvalue weighted by Gasteiger charge is -2.12. The van der Waals surface area contributed by atoms with Crippen LogP contribution in [0.5, 0.6) is 0 Å². The quantitative estimate of drug-likeness (QED) is 0.290. The predicted octanol–water partition coefficient (Wildman–Crippen LogP) is 5.78. The van der Waals surface area contributed by atoms with Crippen molar-refractivity contribution in [3.05, 3.63) is 65.7 Å². The first kappa shape index (κ1) is 15.5. The van der Waals surface area contributed by atoms with Crippen molar-refractivity contribution in [3.63, 3.8) is 0 Å². The number of fused-ring (bicyclic) bond motifs is 4. The lowest BCUT2D eigenvalue weighted by Crippen LogP contribution is -2.03. The van der Waals surface area contributed by atoms with Gasteiger partial charge in [-0.15, -0.1) is 0 Å². The van der Waals surface area contributed by atoms with Gasteiger partial charge in [0.1, 0.15) is 0 Å². The Morgan fingerprint density at radius 3 is 2.17 bits per heavy atom. The second kappa shape index (κ2) is 6.03. The van der Waals surface area contributed by atoms with Crippen LogP contribution in [-0.2, 0) is 12.8 Å². The van der Waals surface area contributed by atoms with Crippen molar-refractivity contribution in [3.8, 4) is 11.3 Å². The van der Waals surface area contributed by atoms with Gasteiger partial charge in [-0.3, -0.25) is 0 Å². The molecule has 118 valence electrons. The van der Waals surface area contributed by atoms with E-state index in [1.54, 1.807) is 0 Å². The van der Waals surface area contributed by atoms with Crippen LogP contribution in [0.1, 0.15) is 11.1 Å². The van der Waals surface area contributed by atoms with Crippen molar-refractivity contribution in [2.75, 3.05) is 0 Å². The fourth-order valence-electron chi connectivity index (χ4n) is 2.76. The molecule has 0 fully saturated rings. The zero-order valence-electron chi connectivity index (χ0n) is 12.1. The van der Waals surface area contributed by atoms with Crippen molar-refractivity contribution in [2.24, 2.45) is 0 Å². The molecular formula is C17H13BF4O. The van der Waals surface area contributed by atoms with Crippen LogP contribution in [-0.4, -0.2) is 7.25 Å². The molecule has 23 heavy (non-hydrogen) atoms. The molecule has 6 heteroatoms. The SMILES string of the molecule is F[B-](F)(F)F.c1ccc2c(c1)CCc1cc3ccccc3[o+]c1-2. The summed E-state index contributed by atoms with van der Waals surface area (Å²) in [6, 6.07) is 19.0. The first-order valence-electron chi connectivity index (χ1n) is 7.22. The summed E-state index contributed by atoms with van der Waals surface area (Å²) in [7, 11) is -6.00. The minimum absolute atomic E-state index is 0.966. The first-order valence-corrected chi connectivity index (χ1v) is 7.22. The summed E-state index contributed by atoms with van der Waals surface area (Å²) in [5.41, 5.74) is 4.94. The second-order valence-electron chi connectivity index (χ2n) is 5.29. The van der Waals surface area contributed by atoms with Gasteiger partial charge in [0, 0.05) is 6.07 Å². The number of rotatable bonds is 0. The van der Waals surface area contributed by atoms with E-state index in [1.807, 2.05) is 12.1 Å². The fourth-order valence-corrected chi connectivity index (χ4v) is 2.76. The van der Waals surface area contributed by atoms with Gasteiger partial charge < -0.3 is 17.3 Å². The van der Waals surface area contributed by atoms with E-state index in [0.717, 1.165) is 24.2 Å². The highest BCUT2D eigenvalue weighted by atomic mass is 19.5. The Hall–Kier alpha value is -2.37. The zero-order valence-corrected chi connectivity index (χ0v) is 12.1. The molecule has 0 saturated heterocycles. The Morgan fingerprint density at radius 2 is 1.39 bits per heavy atom. The molecule has 3 aromatic rings. The van der Waals surface area contributed by atoms with Gasteiger partial charge in [0.05, 0.1) is 16.5 Å². The Kier molecular flexibility index (Phi) is 4.07. The summed E-state index contributed by atoms with van der Waals surface area (Å²) in [6.07, 6.45) is 2.18. The minimum atomic E-state index is -6.00. The van der Waals surface area contributed by atoms with Crippen LogP contribution >= 0.6 is 0 Å². The van der Waals surface area contributed by atoms with Gasteiger partial charge in [0.2, 0.25) is 0 Å². The summed E-state index contributed by atoms with van der Waals surface area (Å²) in [5.74, 6) is 1.05. The zero-order chi connectivity index (χ0) is 16.4. The van der Waals surface area contributed by atoms with E-state index in [2.05, 4.69) is 42.5 Å². The summed E-state index contributed by atoms with van der Waals surface area (Å²) < 4.78 is 45.1. The lowest BCUT2D eigenvalue weighted by atomic mass is 9.89. The molecular weight excluding hydrogens is 307 g/mol. The molecule has 0 aliphatic heterocycles. The van der Waals surface area contributed by atoms with Gasteiger partial charge in [-0.25, -0.2) is 4.42 Å². The van der Waals surface area contributed by atoms with Gasteiger partial charge >= 0.3 is 18.6 Å². The van der Waals surface area contributed by atoms with Crippen molar-refractivity contribution in [1.82, 2.24) is 0 Å². The first-order chi connectivity index (χ1) is 10.9. The number of hydrogen-bond acceptors (Lipinski definition) is 0. The molecule has 0 saturated carbocycles. The largest absolute Gasteiger partial charge is 0.673 e. The number of halogens is 4. The van der Waals surface area contributed by atoms with E-state index in [1.165, 1.54) is 22.1 Å². The van der Waals surface area contributed by atoms with Crippen LogP contribution in [0, 0.1) is 0 Å². The standard InChI is InChI=1S/C17H13O.BF4/c1-3-7-15-12(5-1)9-10-14-11-13-6-2-4-8-16(13)18-17(14)15;2-1(3,4)5/h1-8,11H,9-10H2;/q+1;-1. The van der Waals surface area contributed by atoms with Crippen LogP contribution in [0.3, 0.4) is 0 Å². The van der Waals surface area contributed by atoms with Crippen LogP contribution in [0.4, 0.5) is 17.3 Å². The van der Waals surface area contributed by atoms with Crippen LogP contribution < -0.4 is 0 Å². The van der Waals surface area contributed by atoms with E-state index in [0.29, 0.717) is 0 Å². The van der Waals surface area contributed by atoms with Crippen LogP contribution in [0.25, 0.3) is 22.3 Å². The van der Waals surface area contributed by atoms with Gasteiger partial charge in [-0.2, -0.15) is 0 Å². The molecule has 1 heterocycles. The monoisotopic (exact) mass is 320 g/mol. The van der Waals surface area contributed by atoms with Gasteiger partial charge in [0.25, 0.3) is 0 Å². The molecule has 1 nitrogen and oxygen atoms in total. The van der Waals surface area contributed by atoms with E-state index in [4.69, 9.17) is 4.42 Å². The Bertz CT molecular complexity index is 839. The maximum absolute atomic E-state index is 9.75. The summed E-state index contributed by atoms with van der Waals surface area (Å²) >= 11 is 0. The van der Waals surface area contributed by atoms with Gasteiger partial charge in [-0.05, 0) is 36.6 Å². The summed E-state index contributed by atoms with van der Waals surface area (Å²) in [5, 5.41) is 1.19. The van der Waals surface area contributed by atoms with Crippen molar-refractivity contribution in [1.29, 1.82) is 0 Å². The van der Waals surface area contributed by atoms with Crippen molar-refractivity contribution < 1.29 is 21.7 Å². The molecule has 4 rings (SSSR count). The van der Waals surface area contributed by atoms with E-state index < -0.39 is 7.25 Å². The third-order valence-corrected chi connectivity index (χ3v) is 3.68. The Balaban J connectivity index is 0.000000276. The number of aryl methyl sites for hydroxylation is 2. The number of para-hydroxylation sites is 1. The highest BCUT2D eigenvalue weighted by Crippen LogP contribution is 2.35. The normalized spacial score (nSPS) is 12.9. The molecule has 0 atom stereocenters. The fraction of sp³-hybridized carbons (Fsp3) is 0.118. The number of hydrogen-bond donors (Lipinski definition) is 0. The van der Waals surface area contributed by atoms with Crippen molar-refractivity contribution >= 4 is 18.2 Å². The molecule has 0 radical (unpaired) electrons. The van der Waals surface area contributed by atoms with E-state index in [9.17, 15) is 17.3 Å². The summed E-state index contributed by atoms with van der Waals surface area (Å²) in [4.78, 5) is 0. The molecule has 0 N–H and O–H groups in total. The van der Waals surface area contributed by atoms with Crippen LogP contribution in [0.2, 0.25) is 0 Å². The Morgan fingerprint density at radius 1 is 0.783 bits per heavy atom. The topological polar surface area (TPSA) is 11.3 Å². The molecule has 1 aliphatic carbocycles. The van der Waals surface area contributed by atoms with Crippen molar-refractivity contribution in [2.45, 2.75) is 12.8 Å². The Labute approximate surface area is 130 Å². The molecule has 1 aliphatic rings.